The summed E-state index contributed by atoms with van der Waals surface area (Å²) in [4.78, 5) is 28.3. The minimum absolute atomic E-state index is 0.486. The summed E-state index contributed by atoms with van der Waals surface area (Å²) in [7, 11) is 0. The van der Waals surface area contributed by atoms with Crippen LogP contribution in [0.1, 0.15) is 12.8 Å². The van der Waals surface area contributed by atoms with E-state index < -0.39 is 18.0 Å². The highest BCUT2D eigenvalue weighted by Gasteiger charge is 2.12. The van der Waals surface area contributed by atoms with Gasteiger partial charge < -0.3 is 26.0 Å². The lowest BCUT2D eigenvalue weighted by atomic mass is 10.00. The Balaban J connectivity index is 0.000000366. The van der Waals surface area contributed by atoms with E-state index in [-0.39, 0.29) is 0 Å². The minimum atomic E-state index is -1.82. The van der Waals surface area contributed by atoms with E-state index in [1.165, 1.54) is 0 Å². The number of amides is 1. The molecule has 17 heavy (non-hydrogen) atoms. The molecule has 1 unspecified atom stereocenters. The Morgan fingerprint density at radius 2 is 1.76 bits per heavy atom. The summed E-state index contributed by atoms with van der Waals surface area (Å²) in [5.74, 6) is -3.16. The van der Waals surface area contributed by atoms with E-state index >= 15 is 0 Å². The fourth-order valence-electron chi connectivity index (χ4n) is 1.33. The van der Waals surface area contributed by atoms with Gasteiger partial charge in [0.2, 0.25) is 0 Å². The van der Waals surface area contributed by atoms with Crippen LogP contribution in [0.25, 0.3) is 0 Å². The molecule has 0 aromatic carbocycles. The lowest BCUT2D eigenvalue weighted by molar-refractivity contribution is -0.159. The second kappa shape index (κ2) is 8.34. The molecule has 1 atom stereocenters. The smallest absolute Gasteiger partial charge is 0.414 e. The SMILES string of the molecule is O=C(O)C(=O)O.O=C(O)NCC1CCCNC1. The van der Waals surface area contributed by atoms with Gasteiger partial charge in [0.1, 0.15) is 0 Å². The topological polar surface area (TPSA) is 136 Å². The predicted octanol–water partition coefficient (Wildman–Crippen LogP) is -0.591. The number of nitrogens with one attached hydrogen (secondary N) is 2. The van der Waals surface area contributed by atoms with Gasteiger partial charge >= 0.3 is 18.0 Å². The van der Waals surface area contributed by atoms with Crippen LogP contribution < -0.4 is 10.6 Å². The second-order valence-corrected chi connectivity index (χ2v) is 3.51. The summed E-state index contributed by atoms with van der Waals surface area (Å²) in [6.07, 6.45) is 1.37. The van der Waals surface area contributed by atoms with Crippen molar-refractivity contribution in [3.8, 4) is 0 Å². The molecule has 98 valence electrons. The normalized spacial score (nSPS) is 18.5. The van der Waals surface area contributed by atoms with Crippen molar-refractivity contribution < 1.29 is 29.7 Å². The van der Waals surface area contributed by atoms with Crippen LogP contribution in [-0.4, -0.2) is 53.0 Å². The quantitative estimate of drug-likeness (QED) is 0.412. The molecule has 1 rings (SSSR count). The number of carboxylic acid groups (broad SMARTS) is 3. The van der Waals surface area contributed by atoms with E-state index in [0.29, 0.717) is 12.5 Å². The zero-order valence-corrected chi connectivity index (χ0v) is 9.18. The van der Waals surface area contributed by atoms with E-state index in [1.54, 1.807) is 0 Å². The van der Waals surface area contributed by atoms with Crippen molar-refractivity contribution in [3.63, 3.8) is 0 Å². The molecule has 1 heterocycles. The van der Waals surface area contributed by atoms with Crippen molar-refractivity contribution in [1.82, 2.24) is 10.6 Å². The maximum atomic E-state index is 10.1. The first-order valence-corrected chi connectivity index (χ1v) is 5.07. The highest BCUT2D eigenvalue weighted by atomic mass is 16.4. The molecule has 0 spiro atoms. The van der Waals surface area contributed by atoms with Gasteiger partial charge in [0.25, 0.3) is 0 Å². The third-order valence-corrected chi connectivity index (χ3v) is 2.12. The predicted molar refractivity (Wildman–Crippen MR) is 56.9 cm³/mol. The molecule has 1 saturated heterocycles. The van der Waals surface area contributed by atoms with Gasteiger partial charge in [0.15, 0.2) is 0 Å². The van der Waals surface area contributed by atoms with Gasteiger partial charge in [-0.05, 0) is 31.8 Å². The van der Waals surface area contributed by atoms with Crippen LogP contribution in [0.4, 0.5) is 4.79 Å². The molecule has 0 aromatic heterocycles. The Kier molecular flexibility index (Phi) is 7.44. The van der Waals surface area contributed by atoms with Gasteiger partial charge in [-0.15, -0.1) is 0 Å². The molecular weight excluding hydrogens is 232 g/mol. The Hall–Kier alpha value is -1.83. The average Bonchev–Trinajstić information content (AvgIpc) is 2.28. The largest absolute Gasteiger partial charge is 0.473 e. The van der Waals surface area contributed by atoms with Crippen molar-refractivity contribution in [2.24, 2.45) is 5.92 Å². The van der Waals surface area contributed by atoms with Gasteiger partial charge in [-0.2, -0.15) is 0 Å². The maximum Gasteiger partial charge on any atom is 0.414 e. The van der Waals surface area contributed by atoms with Gasteiger partial charge in [0.05, 0.1) is 0 Å². The number of carboxylic acids is 2. The zero-order valence-electron chi connectivity index (χ0n) is 9.18. The fraction of sp³-hybridized carbons (Fsp3) is 0.667. The summed E-state index contributed by atoms with van der Waals surface area (Å²) in [6, 6.07) is 0. The number of hydrogen-bond acceptors (Lipinski definition) is 4. The van der Waals surface area contributed by atoms with Crippen LogP contribution in [0.3, 0.4) is 0 Å². The second-order valence-electron chi connectivity index (χ2n) is 3.51. The van der Waals surface area contributed by atoms with Gasteiger partial charge in [-0.1, -0.05) is 0 Å². The molecule has 1 amide bonds. The Bertz CT molecular complexity index is 263. The number of piperidine rings is 1. The highest BCUT2D eigenvalue weighted by molar-refractivity contribution is 6.27. The first-order chi connectivity index (χ1) is 7.93. The van der Waals surface area contributed by atoms with Gasteiger partial charge in [0, 0.05) is 6.54 Å². The first-order valence-electron chi connectivity index (χ1n) is 5.07. The monoisotopic (exact) mass is 248 g/mol. The molecule has 8 heteroatoms. The summed E-state index contributed by atoms with van der Waals surface area (Å²) in [5, 5.41) is 28.7. The minimum Gasteiger partial charge on any atom is -0.473 e. The zero-order chi connectivity index (χ0) is 13.3. The molecule has 1 fully saturated rings. The van der Waals surface area contributed by atoms with Crippen LogP contribution in [0.5, 0.6) is 0 Å². The Labute approximate surface area is 97.6 Å². The molecule has 0 aromatic rings. The van der Waals surface area contributed by atoms with E-state index in [1.807, 2.05) is 0 Å². The van der Waals surface area contributed by atoms with Crippen molar-refractivity contribution in [1.29, 1.82) is 0 Å². The molecule has 1 aliphatic rings. The van der Waals surface area contributed by atoms with Crippen LogP contribution in [-0.2, 0) is 9.59 Å². The summed E-state index contributed by atoms with van der Waals surface area (Å²) in [6.45, 7) is 2.60. The third-order valence-electron chi connectivity index (χ3n) is 2.12. The Morgan fingerprint density at radius 3 is 2.12 bits per heavy atom. The van der Waals surface area contributed by atoms with Crippen LogP contribution in [0.2, 0.25) is 0 Å². The van der Waals surface area contributed by atoms with Crippen molar-refractivity contribution in [2.45, 2.75) is 12.8 Å². The standard InChI is InChI=1S/C7H14N2O2.C2H2O4/c10-7(11)9-5-6-2-1-3-8-4-6;3-1(4)2(5)6/h6,8-9H,1-5H2,(H,10,11);(H,3,4)(H,5,6). The highest BCUT2D eigenvalue weighted by Crippen LogP contribution is 2.07. The average molecular weight is 248 g/mol. The number of rotatable bonds is 2. The molecule has 8 nitrogen and oxygen atoms in total. The molecule has 1 aliphatic heterocycles. The number of carbonyl (C=O) groups is 3. The summed E-state index contributed by atoms with van der Waals surface area (Å²) in [5.41, 5.74) is 0. The number of hydrogen-bond donors (Lipinski definition) is 5. The lowest BCUT2D eigenvalue weighted by Gasteiger charge is -2.22. The van der Waals surface area contributed by atoms with Gasteiger partial charge in [-0.3, -0.25) is 0 Å². The van der Waals surface area contributed by atoms with E-state index in [0.717, 1.165) is 25.9 Å². The van der Waals surface area contributed by atoms with Crippen molar-refractivity contribution in [2.75, 3.05) is 19.6 Å². The third kappa shape index (κ3) is 9.12. The number of aliphatic carboxylic acids is 2. The lowest BCUT2D eigenvalue weighted by Crippen LogP contribution is -2.37. The first kappa shape index (κ1) is 15.2. The molecule has 0 bridgehead atoms. The summed E-state index contributed by atoms with van der Waals surface area (Å²) < 4.78 is 0. The van der Waals surface area contributed by atoms with Crippen molar-refractivity contribution >= 4 is 18.0 Å². The molecule has 0 saturated carbocycles. The Morgan fingerprint density at radius 1 is 1.18 bits per heavy atom. The van der Waals surface area contributed by atoms with E-state index in [9.17, 15) is 4.79 Å². The van der Waals surface area contributed by atoms with Gasteiger partial charge in [-0.25, -0.2) is 14.4 Å². The molecule has 5 N–H and O–H groups in total. The molecular formula is C9H16N2O6. The van der Waals surface area contributed by atoms with E-state index in [4.69, 9.17) is 24.9 Å². The molecule has 0 aliphatic carbocycles. The van der Waals surface area contributed by atoms with Crippen LogP contribution >= 0.6 is 0 Å². The maximum absolute atomic E-state index is 10.1. The fourth-order valence-corrected chi connectivity index (χ4v) is 1.33. The summed E-state index contributed by atoms with van der Waals surface area (Å²) >= 11 is 0. The van der Waals surface area contributed by atoms with Crippen LogP contribution in [0.15, 0.2) is 0 Å². The van der Waals surface area contributed by atoms with Crippen LogP contribution in [0, 0.1) is 5.92 Å². The molecule has 0 radical (unpaired) electrons. The van der Waals surface area contributed by atoms with Crippen molar-refractivity contribution in [3.05, 3.63) is 0 Å². The van der Waals surface area contributed by atoms with E-state index in [2.05, 4.69) is 10.6 Å².